The van der Waals surface area contributed by atoms with Crippen LogP contribution in [0.15, 0.2) is 84.9 Å². The van der Waals surface area contributed by atoms with Gasteiger partial charge in [0.25, 0.3) is 8.32 Å². The second-order valence-electron chi connectivity index (χ2n) is 15.3. The number of hydrogen-bond donors (Lipinski definition) is 1. The van der Waals surface area contributed by atoms with Gasteiger partial charge in [-0.3, -0.25) is 0 Å². The first-order valence-corrected chi connectivity index (χ1v) is 21.4. The van der Waals surface area contributed by atoms with Gasteiger partial charge in [-0.2, -0.15) is 0 Å². The molecule has 0 aliphatic carbocycles. The second-order valence-corrected chi connectivity index (χ2v) is 25.0. The van der Waals surface area contributed by atoms with Gasteiger partial charge in [0.05, 0.1) is 18.8 Å². The van der Waals surface area contributed by atoms with Crippen molar-refractivity contribution in [2.45, 2.75) is 128 Å². The summed E-state index contributed by atoms with van der Waals surface area (Å²) in [6, 6.07) is 29.7. The zero-order chi connectivity index (χ0) is 33.3. The average Bonchev–Trinajstić information content (AvgIpc) is 3.38. The molecule has 1 fully saturated rings. The Morgan fingerprint density at radius 3 is 1.85 bits per heavy atom. The summed E-state index contributed by atoms with van der Waals surface area (Å²) in [6.07, 6.45) is -0.288. The molecule has 1 saturated heterocycles. The van der Waals surface area contributed by atoms with Gasteiger partial charge in [-0.1, -0.05) is 147 Å². The third-order valence-electron chi connectivity index (χ3n) is 10.7. The second kappa shape index (κ2) is 13.8. The van der Waals surface area contributed by atoms with E-state index in [4.69, 9.17) is 18.3 Å². The number of benzene rings is 3. The predicted octanol–water partition coefficient (Wildman–Crippen LogP) is 8.05. The first-order chi connectivity index (χ1) is 21.8. The molecule has 3 aromatic carbocycles. The van der Waals surface area contributed by atoms with Crippen molar-refractivity contribution in [1.82, 2.24) is 0 Å². The van der Waals surface area contributed by atoms with Crippen LogP contribution >= 0.6 is 0 Å². The van der Waals surface area contributed by atoms with E-state index < -0.39 is 34.6 Å². The lowest BCUT2D eigenvalue weighted by molar-refractivity contribution is -0.344. The molecule has 0 amide bonds. The van der Waals surface area contributed by atoms with E-state index in [0.717, 1.165) is 11.1 Å². The van der Waals surface area contributed by atoms with Crippen molar-refractivity contribution >= 4 is 27.0 Å². The molecule has 2 heterocycles. The van der Waals surface area contributed by atoms with E-state index in [0.29, 0.717) is 42.7 Å². The highest BCUT2D eigenvalue weighted by Gasteiger charge is 2.58. The van der Waals surface area contributed by atoms with Gasteiger partial charge in [0.1, 0.15) is 6.10 Å². The van der Waals surface area contributed by atoms with Crippen molar-refractivity contribution in [3.05, 3.63) is 96.1 Å². The molecule has 3 aromatic rings. The number of aliphatic hydroxyl groups excluding tert-OH is 1. The molecule has 250 valence electrons. The van der Waals surface area contributed by atoms with E-state index in [-0.39, 0.29) is 11.1 Å². The Balaban J connectivity index is 1.49. The lowest BCUT2D eigenvalue weighted by Gasteiger charge is -2.51. The van der Waals surface area contributed by atoms with Gasteiger partial charge in [0.2, 0.25) is 14.1 Å². The Kier molecular flexibility index (Phi) is 10.6. The number of hydrogen-bond acceptors (Lipinski definition) is 5. The third-order valence-corrected chi connectivity index (χ3v) is 21.8. The van der Waals surface area contributed by atoms with Gasteiger partial charge < -0.3 is 23.4 Å². The van der Waals surface area contributed by atoms with Crippen LogP contribution in [-0.2, 0) is 30.7 Å². The minimum atomic E-state index is -2.71. The maximum atomic E-state index is 12.2. The Labute approximate surface area is 279 Å². The van der Waals surface area contributed by atoms with Gasteiger partial charge in [0, 0.05) is 18.6 Å². The number of ether oxygens (including phenoxy) is 2. The van der Waals surface area contributed by atoms with Crippen LogP contribution in [0.2, 0.25) is 21.7 Å². The first-order valence-electron chi connectivity index (χ1n) is 17.3. The van der Waals surface area contributed by atoms with Gasteiger partial charge in [0.15, 0.2) is 0 Å². The van der Waals surface area contributed by atoms with Crippen LogP contribution in [0, 0.1) is 0 Å². The van der Waals surface area contributed by atoms with E-state index in [1.54, 1.807) is 0 Å². The van der Waals surface area contributed by atoms with E-state index >= 15 is 0 Å². The Morgan fingerprint density at radius 2 is 1.33 bits per heavy atom. The van der Waals surface area contributed by atoms with Crippen molar-refractivity contribution in [2.24, 2.45) is 0 Å². The highest BCUT2D eigenvalue weighted by atomic mass is 28.4. The highest BCUT2D eigenvalue weighted by Crippen LogP contribution is 2.50. The third kappa shape index (κ3) is 6.13. The molecule has 2 aliphatic heterocycles. The molecule has 2 aliphatic rings. The molecule has 4 atom stereocenters. The fourth-order valence-corrected chi connectivity index (χ4v) is 18.8. The van der Waals surface area contributed by atoms with Crippen LogP contribution in [0.4, 0.5) is 0 Å². The number of rotatable bonds is 11. The number of aliphatic hydroxyl groups is 1. The zero-order valence-corrected chi connectivity index (χ0v) is 31.5. The molecule has 0 aromatic heterocycles. The first kappa shape index (κ1) is 35.2. The Bertz CT molecular complexity index is 1360. The molecule has 0 bridgehead atoms. The highest BCUT2D eigenvalue weighted by molar-refractivity contribution is 6.99. The van der Waals surface area contributed by atoms with Crippen LogP contribution in [0.25, 0.3) is 0 Å². The zero-order valence-electron chi connectivity index (χ0n) is 29.5. The van der Waals surface area contributed by atoms with E-state index in [2.05, 4.69) is 129 Å². The summed E-state index contributed by atoms with van der Waals surface area (Å²) in [7, 11) is -5.02. The molecular formula is C39H56O5Si2. The van der Waals surface area contributed by atoms with Gasteiger partial charge in [-0.15, -0.1) is 0 Å². The summed E-state index contributed by atoms with van der Waals surface area (Å²) >= 11 is 0. The Morgan fingerprint density at radius 1 is 0.804 bits per heavy atom. The van der Waals surface area contributed by atoms with Crippen molar-refractivity contribution in [2.75, 3.05) is 6.61 Å². The minimum absolute atomic E-state index is 0.114. The smallest absolute Gasteiger partial charge is 0.261 e. The summed E-state index contributed by atoms with van der Waals surface area (Å²) < 4.78 is 28.0. The summed E-state index contributed by atoms with van der Waals surface area (Å²) in [5.41, 5.74) is 3.16. The van der Waals surface area contributed by atoms with Crippen LogP contribution < -0.4 is 10.4 Å². The van der Waals surface area contributed by atoms with Gasteiger partial charge in [-0.25, -0.2) is 0 Å². The monoisotopic (exact) mass is 660 g/mol. The standard InChI is InChI=1S/C39H56O5Si2/c1-28(2)45(29(3)4,30(5)6)44-36-26-32(43-39(37(36)40)35-23-17-16-18-31(35)27-41-39)24-25-42-46(38(7,8)9,33-19-12-10-13-20-33)34-21-14-11-15-22-34/h10-23,28-30,32,36-37,40H,24-27H2,1-9H3/t32-,36-,37+,39-/m1/s1. The molecule has 5 rings (SSSR count). The lowest BCUT2D eigenvalue weighted by atomic mass is 9.88. The minimum Gasteiger partial charge on any atom is -0.410 e. The average molecular weight is 661 g/mol. The molecule has 7 heteroatoms. The normalized spacial score (nSPS) is 23.9. The molecule has 0 saturated carbocycles. The van der Waals surface area contributed by atoms with Crippen LogP contribution in [0.1, 0.15) is 86.3 Å². The molecule has 1 spiro atoms. The number of fused-ring (bicyclic) bond motifs is 2. The topological polar surface area (TPSA) is 57.2 Å². The molecule has 5 nitrogen and oxygen atoms in total. The maximum Gasteiger partial charge on any atom is 0.261 e. The van der Waals surface area contributed by atoms with Gasteiger partial charge >= 0.3 is 0 Å². The molecule has 0 unspecified atom stereocenters. The maximum absolute atomic E-state index is 12.2. The van der Waals surface area contributed by atoms with Crippen LogP contribution in [-0.4, -0.2) is 46.7 Å². The van der Waals surface area contributed by atoms with E-state index in [1.807, 2.05) is 18.2 Å². The summed E-state index contributed by atoms with van der Waals surface area (Å²) in [4.78, 5) is 0. The summed E-state index contributed by atoms with van der Waals surface area (Å²) in [6.45, 7) is 21.6. The largest absolute Gasteiger partial charge is 0.410 e. The molecular weight excluding hydrogens is 605 g/mol. The van der Waals surface area contributed by atoms with Crippen molar-refractivity contribution in [3.63, 3.8) is 0 Å². The molecule has 0 radical (unpaired) electrons. The van der Waals surface area contributed by atoms with Crippen molar-refractivity contribution < 1.29 is 23.4 Å². The van der Waals surface area contributed by atoms with E-state index in [1.165, 1.54) is 10.4 Å². The SMILES string of the molecule is CC(C)[Si](O[C@@H]1C[C@@H](CCO[Si](c2ccccc2)(c2ccccc2)C(C)(C)C)O[C@@]2(OCc3ccccc32)[C@H]1O)(C(C)C)C(C)C. The van der Waals surface area contributed by atoms with E-state index in [9.17, 15) is 5.11 Å². The van der Waals surface area contributed by atoms with Crippen LogP contribution in [0.5, 0.6) is 0 Å². The quantitative estimate of drug-likeness (QED) is 0.211. The fourth-order valence-electron chi connectivity index (χ4n) is 8.65. The van der Waals surface area contributed by atoms with Crippen molar-refractivity contribution in [3.8, 4) is 0 Å². The van der Waals surface area contributed by atoms with Crippen LogP contribution in [0.3, 0.4) is 0 Å². The lowest BCUT2D eigenvalue weighted by Crippen LogP contribution is -2.66. The predicted molar refractivity (Wildman–Crippen MR) is 193 cm³/mol. The molecule has 1 N–H and O–H groups in total. The summed E-state index contributed by atoms with van der Waals surface area (Å²) in [5.74, 6) is -1.26. The summed E-state index contributed by atoms with van der Waals surface area (Å²) in [5, 5.41) is 14.6. The molecule has 46 heavy (non-hydrogen) atoms. The Hall–Kier alpha value is -2.11. The fraction of sp³-hybridized carbons (Fsp3) is 0.538. The van der Waals surface area contributed by atoms with Crippen molar-refractivity contribution in [1.29, 1.82) is 0 Å². The van der Waals surface area contributed by atoms with Gasteiger partial charge in [-0.05, 0) is 44.0 Å².